The molecule has 9 heteroatoms. The van der Waals surface area contributed by atoms with E-state index in [0.29, 0.717) is 11.3 Å². The molecule has 4 aromatic rings. The number of H-pyrrole nitrogens is 1. The molecule has 0 radical (unpaired) electrons. The van der Waals surface area contributed by atoms with Gasteiger partial charge in [-0.2, -0.15) is 5.21 Å². The van der Waals surface area contributed by atoms with E-state index in [-0.39, 0.29) is 45.7 Å². The molecule has 0 amide bonds. The summed E-state index contributed by atoms with van der Waals surface area (Å²) in [5, 5.41) is 13.4. The van der Waals surface area contributed by atoms with Crippen LogP contribution in [0.4, 0.5) is 5.69 Å². The molecular formula is C20H17N5O4. The Labute approximate surface area is 164 Å². The average Bonchev–Trinajstić information content (AvgIpc) is 3.24. The number of tetrazole rings is 1. The first-order valence-corrected chi connectivity index (χ1v) is 8.86. The first-order chi connectivity index (χ1) is 14.0. The number of rotatable bonds is 5. The fraction of sp³-hybridized carbons (Fsp3) is 0.150. The van der Waals surface area contributed by atoms with Crippen LogP contribution < -0.4 is 15.9 Å². The van der Waals surface area contributed by atoms with Crippen LogP contribution in [0.1, 0.15) is 29.8 Å². The van der Waals surface area contributed by atoms with E-state index in [1.54, 1.807) is 42.5 Å². The molecule has 0 saturated heterocycles. The lowest BCUT2D eigenvalue weighted by Crippen LogP contribution is -2.14. The number of nitrogens with zero attached hydrogens (tertiary/aromatic N) is 3. The summed E-state index contributed by atoms with van der Waals surface area (Å²) in [5.74, 6) is 0.378. The largest absolute Gasteiger partial charge is 0.491 e. The van der Waals surface area contributed by atoms with Crippen molar-refractivity contribution in [2.75, 3.05) is 5.73 Å². The van der Waals surface area contributed by atoms with Crippen molar-refractivity contribution >= 4 is 22.4 Å². The summed E-state index contributed by atoms with van der Waals surface area (Å²) in [6.45, 7) is 3.84. The third-order valence-corrected chi connectivity index (χ3v) is 4.24. The van der Waals surface area contributed by atoms with Gasteiger partial charge in [0.05, 0.1) is 11.5 Å². The van der Waals surface area contributed by atoms with Gasteiger partial charge in [-0.3, -0.25) is 9.59 Å². The van der Waals surface area contributed by atoms with Crippen molar-refractivity contribution in [3.8, 4) is 17.3 Å². The van der Waals surface area contributed by atoms with Crippen molar-refractivity contribution in [2.24, 2.45) is 0 Å². The van der Waals surface area contributed by atoms with Gasteiger partial charge in [-0.25, -0.2) is 0 Å². The van der Waals surface area contributed by atoms with Crippen molar-refractivity contribution in [1.29, 1.82) is 0 Å². The third-order valence-electron chi connectivity index (χ3n) is 4.24. The fourth-order valence-electron chi connectivity index (χ4n) is 2.98. The van der Waals surface area contributed by atoms with Crippen LogP contribution in [0.15, 0.2) is 51.7 Å². The lowest BCUT2D eigenvalue weighted by molar-refractivity contribution is 0.104. The van der Waals surface area contributed by atoms with Gasteiger partial charge in [0.15, 0.2) is 5.78 Å². The molecule has 2 aromatic heterocycles. The quantitative estimate of drug-likeness (QED) is 0.495. The molecule has 0 aliphatic heterocycles. The average molecular weight is 391 g/mol. The number of carbonyl (C=O) groups is 1. The summed E-state index contributed by atoms with van der Waals surface area (Å²) in [5.41, 5.74) is 6.04. The zero-order chi connectivity index (χ0) is 20.5. The van der Waals surface area contributed by atoms with E-state index in [4.69, 9.17) is 14.9 Å². The Morgan fingerprint density at radius 2 is 1.93 bits per heavy atom. The van der Waals surface area contributed by atoms with Crippen LogP contribution in [0.5, 0.6) is 5.75 Å². The van der Waals surface area contributed by atoms with Crippen molar-refractivity contribution in [3.63, 3.8) is 0 Å². The minimum absolute atomic E-state index is 0.00367. The normalized spacial score (nSPS) is 11.1. The standard InChI is InChI=1S/C20H17N5O4/c1-10(2)28-12-8-6-11(7-9-12)17(26)13-4-3-5-14-15(13)18(27)16(21)19(29-14)20-22-24-25-23-20/h3-10H,21H2,1-2H3,(H,22,23,24,25). The Kier molecular flexibility index (Phi) is 4.55. The number of nitrogen functional groups attached to an aromatic ring is 1. The number of carbonyl (C=O) groups excluding carboxylic acids is 1. The molecule has 0 saturated carbocycles. The number of aromatic nitrogens is 4. The van der Waals surface area contributed by atoms with E-state index in [2.05, 4.69) is 20.6 Å². The molecule has 29 heavy (non-hydrogen) atoms. The van der Waals surface area contributed by atoms with Gasteiger partial charge in [0, 0.05) is 11.1 Å². The van der Waals surface area contributed by atoms with Crippen LogP contribution in [0.3, 0.4) is 0 Å². The Bertz CT molecular complexity index is 1240. The summed E-state index contributed by atoms with van der Waals surface area (Å²) in [4.78, 5) is 26.0. The van der Waals surface area contributed by atoms with Gasteiger partial charge in [0.2, 0.25) is 17.0 Å². The predicted octanol–water partition coefficient (Wildman–Crippen LogP) is 2.57. The van der Waals surface area contributed by atoms with Gasteiger partial charge in [-0.15, -0.1) is 10.2 Å². The van der Waals surface area contributed by atoms with Crippen LogP contribution >= 0.6 is 0 Å². The number of benzene rings is 2. The fourth-order valence-corrected chi connectivity index (χ4v) is 2.98. The first kappa shape index (κ1) is 18.4. The van der Waals surface area contributed by atoms with E-state index >= 15 is 0 Å². The van der Waals surface area contributed by atoms with Gasteiger partial charge < -0.3 is 14.9 Å². The Morgan fingerprint density at radius 1 is 1.17 bits per heavy atom. The first-order valence-electron chi connectivity index (χ1n) is 8.86. The molecule has 0 spiro atoms. The van der Waals surface area contributed by atoms with E-state index in [1.807, 2.05) is 13.8 Å². The molecule has 0 unspecified atom stereocenters. The molecular weight excluding hydrogens is 374 g/mol. The van der Waals surface area contributed by atoms with E-state index in [0.717, 1.165) is 0 Å². The second-order valence-corrected chi connectivity index (χ2v) is 6.61. The van der Waals surface area contributed by atoms with E-state index in [9.17, 15) is 9.59 Å². The summed E-state index contributed by atoms with van der Waals surface area (Å²) >= 11 is 0. The smallest absolute Gasteiger partial charge is 0.242 e. The maximum absolute atomic E-state index is 13.1. The number of aromatic amines is 1. The van der Waals surface area contributed by atoms with Crippen molar-refractivity contribution in [2.45, 2.75) is 20.0 Å². The monoisotopic (exact) mass is 391 g/mol. The van der Waals surface area contributed by atoms with Gasteiger partial charge in [-0.05, 0) is 49.4 Å². The van der Waals surface area contributed by atoms with Crippen LogP contribution in [0.2, 0.25) is 0 Å². The highest BCUT2D eigenvalue weighted by Crippen LogP contribution is 2.27. The minimum Gasteiger partial charge on any atom is -0.491 e. The number of ketones is 1. The third kappa shape index (κ3) is 3.33. The highest BCUT2D eigenvalue weighted by Gasteiger charge is 2.21. The van der Waals surface area contributed by atoms with Gasteiger partial charge in [0.1, 0.15) is 17.0 Å². The van der Waals surface area contributed by atoms with Crippen LogP contribution in [-0.2, 0) is 0 Å². The number of fused-ring (bicyclic) bond motifs is 1. The number of nitrogens with two attached hydrogens (primary N) is 1. The lowest BCUT2D eigenvalue weighted by Gasteiger charge is -2.10. The zero-order valence-corrected chi connectivity index (χ0v) is 15.7. The minimum atomic E-state index is -0.533. The van der Waals surface area contributed by atoms with Crippen LogP contribution in [-0.4, -0.2) is 32.5 Å². The molecule has 3 N–H and O–H groups in total. The number of ether oxygens (including phenoxy) is 1. The van der Waals surface area contributed by atoms with Gasteiger partial charge >= 0.3 is 0 Å². The summed E-state index contributed by atoms with van der Waals surface area (Å²) in [6.07, 6.45) is 0.0237. The molecule has 2 heterocycles. The maximum atomic E-state index is 13.1. The summed E-state index contributed by atoms with van der Waals surface area (Å²) < 4.78 is 11.3. The second-order valence-electron chi connectivity index (χ2n) is 6.61. The number of hydrogen-bond acceptors (Lipinski definition) is 8. The molecule has 0 bridgehead atoms. The topological polar surface area (TPSA) is 137 Å². The molecule has 9 nitrogen and oxygen atoms in total. The Balaban J connectivity index is 1.81. The Hall–Kier alpha value is -4.01. The van der Waals surface area contributed by atoms with Crippen molar-refractivity contribution < 1.29 is 13.9 Å². The molecule has 0 fully saturated rings. The molecule has 146 valence electrons. The second kappa shape index (κ2) is 7.19. The highest BCUT2D eigenvalue weighted by atomic mass is 16.5. The number of nitrogens with one attached hydrogen (secondary N) is 1. The molecule has 0 aliphatic carbocycles. The van der Waals surface area contributed by atoms with Gasteiger partial charge in [0.25, 0.3) is 0 Å². The van der Waals surface area contributed by atoms with Crippen LogP contribution in [0, 0.1) is 0 Å². The lowest BCUT2D eigenvalue weighted by atomic mass is 9.98. The van der Waals surface area contributed by atoms with E-state index in [1.165, 1.54) is 0 Å². The maximum Gasteiger partial charge on any atom is 0.242 e. The van der Waals surface area contributed by atoms with E-state index < -0.39 is 5.43 Å². The molecule has 2 aromatic carbocycles. The molecule has 0 atom stereocenters. The van der Waals surface area contributed by atoms with Crippen LogP contribution in [0.25, 0.3) is 22.6 Å². The Morgan fingerprint density at radius 3 is 2.59 bits per heavy atom. The van der Waals surface area contributed by atoms with Gasteiger partial charge in [-0.1, -0.05) is 12.1 Å². The van der Waals surface area contributed by atoms with Crippen molar-refractivity contribution in [3.05, 3.63) is 63.8 Å². The van der Waals surface area contributed by atoms with Crippen molar-refractivity contribution in [1.82, 2.24) is 20.6 Å². The molecule has 4 rings (SSSR count). The highest BCUT2D eigenvalue weighted by molar-refractivity contribution is 6.16. The number of anilines is 1. The molecule has 0 aliphatic rings. The zero-order valence-electron chi connectivity index (χ0n) is 15.7. The SMILES string of the molecule is CC(C)Oc1ccc(C(=O)c2cccc3oc(-c4nn[nH]n4)c(N)c(=O)c23)cc1. The number of hydrogen-bond donors (Lipinski definition) is 2. The summed E-state index contributed by atoms with van der Waals surface area (Å²) in [6, 6.07) is 11.5. The summed E-state index contributed by atoms with van der Waals surface area (Å²) in [7, 11) is 0. The predicted molar refractivity (Wildman–Crippen MR) is 106 cm³/mol.